The van der Waals surface area contributed by atoms with Gasteiger partial charge in [0.05, 0.1) is 51.8 Å². The highest BCUT2D eigenvalue weighted by Gasteiger charge is 2.54. The van der Waals surface area contributed by atoms with E-state index in [-0.39, 0.29) is 37.4 Å². The molecule has 8 unspecified atom stereocenters. The predicted octanol–water partition coefficient (Wildman–Crippen LogP) is 4.89. The van der Waals surface area contributed by atoms with E-state index in [2.05, 4.69) is 74.3 Å². The van der Waals surface area contributed by atoms with Crippen LogP contribution in [0.4, 0.5) is 11.4 Å². The lowest BCUT2D eigenvalue weighted by atomic mass is 9.97. The van der Waals surface area contributed by atoms with Crippen LogP contribution in [0, 0.1) is 6.92 Å². The molecule has 0 aliphatic carbocycles. The lowest BCUT2D eigenvalue weighted by Gasteiger charge is -2.44. The van der Waals surface area contributed by atoms with Gasteiger partial charge in [-0.25, -0.2) is 0 Å². The van der Waals surface area contributed by atoms with Gasteiger partial charge in [0.2, 0.25) is 6.41 Å². The van der Waals surface area contributed by atoms with E-state index in [1.807, 2.05) is 78.2 Å². The monoisotopic (exact) mass is 1060 g/mol. The van der Waals surface area contributed by atoms with Crippen LogP contribution in [0.3, 0.4) is 0 Å². The Morgan fingerprint density at radius 1 is 0.657 bits per heavy atom. The maximum atomic E-state index is 11.6. The highest BCUT2D eigenvalue weighted by molar-refractivity contribution is 6.93. The second-order valence-electron chi connectivity index (χ2n) is 20.6. The molecule has 0 spiro atoms. The summed E-state index contributed by atoms with van der Waals surface area (Å²) in [5, 5.41) is 46.8. The third-order valence-electron chi connectivity index (χ3n) is 11.6. The van der Waals surface area contributed by atoms with Gasteiger partial charge in [0.25, 0.3) is 0 Å². The summed E-state index contributed by atoms with van der Waals surface area (Å²) >= 11 is 0. The van der Waals surface area contributed by atoms with Gasteiger partial charge >= 0.3 is 17.4 Å². The number of likely N-dealkylation sites (N-methyl/N-ethyl adjacent to an activating group) is 1. The van der Waals surface area contributed by atoms with Crippen molar-refractivity contribution in [1.82, 2.24) is 16.0 Å². The zero-order valence-electron chi connectivity index (χ0n) is 45.6. The molecule has 2 aromatic rings. The zero-order chi connectivity index (χ0) is 52.5. The number of nitrogen functional groups attached to an aromatic ring is 1. The first-order chi connectivity index (χ1) is 32.9. The molecule has 2 rings (SSSR count). The maximum Gasteiger partial charge on any atom is 0.520 e. The molecule has 11 N–H and O–H groups in total. The Morgan fingerprint density at radius 3 is 1.77 bits per heavy atom. The average molecular weight is 1060 g/mol. The third kappa shape index (κ3) is 25.5. The van der Waals surface area contributed by atoms with Crippen LogP contribution in [0.2, 0.25) is 51.4 Å². The Hall–Kier alpha value is -1.69. The normalized spacial score (nSPS) is 16.6. The first-order valence-corrected chi connectivity index (χ1v) is 36.4. The van der Waals surface area contributed by atoms with E-state index < -0.39 is 52.6 Å². The number of nitrogens with two attached hydrogens (primary N) is 2. The molecule has 0 aliphatic rings. The number of benzene rings is 2. The number of hydrogen-bond donors (Lipinski definition) is 9. The molecule has 70 heavy (non-hydrogen) atoms. The van der Waals surface area contributed by atoms with Crippen molar-refractivity contribution in [2.45, 2.75) is 168 Å². The molecule has 21 heteroatoms. The fourth-order valence-corrected chi connectivity index (χ4v) is 25.1. The van der Waals surface area contributed by atoms with Crippen molar-refractivity contribution in [2.24, 2.45) is 5.73 Å². The van der Waals surface area contributed by atoms with Crippen LogP contribution in [-0.4, -0.2) is 165 Å². The molecule has 0 saturated heterocycles. The molecule has 0 saturated carbocycles. The van der Waals surface area contributed by atoms with E-state index in [1.165, 1.54) is 5.56 Å². The quantitative estimate of drug-likeness (QED) is 0.0187. The van der Waals surface area contributed by atoms with E-state index >= 15 is 0 Å². The predicted molar refractivity (Wildman–Crippen MR) is 294 cm³/mol. The van der Waals surface area contributed by atoms with Crippen molar-refractivity contribution in [2.75, 3.05) is 84.0 Å². The standard InChI is InChI=1S/C49H98N6O11Si4/c1-15-42-28-43(16-2)48(41(7)47(42)51)54-30-45(57)36-60-25-21-27-68(11,12)65-70(46-22-18-17-19-23-46,63-49(58)55-40(6)34-61-31-37(3)50)66-69(13,14)64-67(9,10)26-20-24-59-35-44(56)29-53-39(5)33-62-32-38(4)52-8/h17-19,22-23,28,37-40,44-45,49,52-58H,15-16,20-21,24-27,29-36,50-51H2,1-14H3. The van der Waals surface area contributed by atoms with Gasteiger partial charge in [0.15, 0.2) is 16.6 Å². The van der Waals surface area contributed by atoms with Crippen LogP contribution in [0.25, 0.3) is 0 Å². The number of aliphatic hydroxyl groups is 3. The topological polar surface area (TPSA) is 235 Å². The van der Waals surface area contributed by atoms with Gasteiger partial charge in [-0.15, -0.1) is 0 Å². The molecule has 0 bridgehead atoms. The summed E-state index contributed by atoms with van der Waals surface area (Å²) in [6.45, 7) is 30.7. The molecule has 0 aliphatic heterocycles. The number of aryl methyl sites for hydroxylation is 2. The SMILES string of the molecule is CCc1cc(CC)c(NCC(O)COCCC[Si](C)(C)O[Si](OC(O)NC(C)COCC(C)N)(O[Si](C)(C)O[Si](C)(C)CCCOCC(O)CNC(C)COCC(C)NC)c2ccccc2)c(C)c1N. The van der Waals surface area contributed by atoms with Gasteiger partial charge in [-0.2, -0.15) is 0 Å². The maximum absolute atomic E-state index is 11.6. The summed E-state index contributed by atoms with van der Waals surface area (Å²) < 4.78 is 51.7. The zero-order valence-corrected chi connectivity index (χ0v) is 49.6. The first kappa shape index (κ1) is 64.4. The van der Waals surface area contributed by atoms with Gasteiger partial charge in [-0.1, -0.05) is 50.2 Å². The van der Waals surface area contributed by atoms with E-state index in [4.69, 9.17) is 47.2 Å². The molecule has 0 aromatic heterocycles. The van der Waals surface area contributed by atoms with Crippen molar-refractivity contribution < 1.29 is 51.0 Å². The number of nitrogens with one attached hydrogen (secondary N) is 4. The van der Waals surface area contributed by atoms with Crippen molar-refractivity contribution in [3.8, 4) is 0 Å². The van der Waals surface area contributed by atoms with Gasteiger partial charge < -0.3 is 78.5 Å². The molecule has 8 atom stereocenters. The minimum Gasteiger partial charge on any atom is -0.436 e. The summed E-state index contributed by atoms with van der Waals surface area (Å²) in [4.78, 5) is 0. The van der Waals surface area contributed by atoms with E-state index in [1.54, 1.807) is 0 Å². The number of ether oxygens (including phenoxy) is 4. The van der Waals surface area contributed by atoms with Gasteiger partial charge in [-0.05, 0) is 135 Å². The third-order valence-corrected chi connectivity index (χ3v) is 26.8. The summed E-state index contributed by atoms with van der Waals surface area (Å²) in [6, 6.07) is 13.3. The van der Waals surface area contributed by atoms with Crippen LogP contribution < -0.4 is 37.9 Å². The van der Waals surface area contributed by atoms with Crippen molar-refractivity contribution in [3.63, 3.8) is 0 Å². The minimum atomic E-state index is -3.98. The number of hydrogen-bond acceptors (Lipinski definition) is 17. The smallest absolute Gasteiger partial charge is 0.436 e. The first-order valence-electron chi connectivity index (χ1n) is 25.6. The molecule has 17 nitrogen and oxygen atoms in total. The molecule has 0 radical (unpaired) electrons. The van der Waals surface area contributed by atoms with Crippen LogP contribution in [0.15, 0.2) is 36.4 Å². The molecule has 0 fully saturated rings. The number of anilines is 2. The average Bonchev–Trinajstić information content (AvgIpc) is 3.27. The Morgan fingerprint density at radius 2 is 1.20 bits per heavy atom. The van der Waals surface area contributed by atoms with E-state index in [0.29, 0.717) is 70.4 Å². The van der Waals surface area contributed by atoms with E-state index in [0.717, 1.165) is 47.8 Å². The van der Waals surface area contributed by atoms with Crippen LogP contribution in [0.1, 0.15) is 71.1 Å². The largest absolute Gasteiger partial charge is 0.520 e. The summed E-state index contributed by atoms with van der Waals surface area (Å²) in [6.07, 6.45) is 0.353. The Labute approximate surface area is 427 Å². The van der Waals surface area contributed by atoms with Gasteiger partial charge in [-0.3, -0.25) is 5.32 Å². The molecule has 0 amide bonds. The Bertz CT molecular complexity index is 1730. The van der Waals surface area contributed by atoms with Crippen LogP contribution >= 0.6 is 0 Å². The minimum absolute atomic E-state index is 0.105. The second kappa shape index (κ2) is 32.6. The van der Waals surface area contributed by atoms with Crippen molar-refractivity contribution in [3.05, 3.63) is 53.1 Å². The fourth-order valence-electron chi connectivity index (χ4n) is 7.95. The fraction of sp³-hybridized carbons (Fsp3) is 0.755. The van der Waals surface area contributed by atoms with Crippen LogP contribution in [0.5, 0.6) is 0 Å². The molecular formula is C49H98N6O11Si4. The number of rotatable bonds is 40. The lowest BCUT2D eigenvalue weighted by molar-refractivity contribution is -0.0862. The molecular weight excluding hydrogens is 961 g/mol. The molecule has 406 valence electrons. The van der Waals surface area contributed by atoms with Crippen molar-refractivity contribution in [1.29, 1.82) is 0 Å². The Balaban J connectivity index is 2.15. The summed E-state index contributed by atoms with van der Waals surface area (Å²) in [5.74, 6) is 0. The summed E-state index contributed by atoms with van der Waals surface area (Å²) in [7, 11) is -10.2. The molecule has 0 heterocycles. The Kier molecular flexibility index (Phi) is 30.0. The van der Waals surface area contributed by atoms with Gasteiger partial charge in [0, 0.05) is 67.0 Å². The highest BCUT2D eigenvalue weighted by Crippen LogP contribution is 2.31. The van der Waals surface area contributed by atoms with Gasteiger partial charge in [0.1, 0.15) is 0 Å². The lowest BCUT2D eigenvalue weighted by Crippen LogP contribution is -2.69. The molecule has 2 aromatic carbocycles. The van der Waals surface area contributed by atoms with Crippen LogP contribution in [-0.2, 0) is 48.6 Å². The highest BCUT2D eigenvalue weighted by atomic mass is 28.5. The number of aliphatic hydroxyl groups excluding tert-OH is 3. The van der Waals surface area contributed by atoms with E-state index in [9.17, 15) is 15.3 Å². The van der Waals surface area contributed by atoms with Crippen molar-refractivity contribution >= 4 is 50.6 Å². The second-order valence-corrected chi connectivity index (χ2v) is 35.8. The summed E-state index contributed by atoms with van der Waals surface area (Å²) in [5.41, 5.74) is 17.4.